The summed E-state index contributed by atoms with van der Waals surface area (Å²) in [6, 6.07) is 9.68. The number of carbonyl (C=O) groups is 1. The molecular weight excluding hydrogens is 381 g/mol. The fourth-order valence-corrected chi connectivity index (χ4v) is 3.58. The second-order valence-electron chi connectivity index (χ2n) is 5.79. The Balaban J connectivity index is 1.89. The van der Waals surface area contributed by atoms with E-state index in [1.807, 2.05) is 6.92 Å². The van der Waals surface area contributed by atoms with Crippen molar-refractivity contribution in [1.82, 2.24) is 4.31 Å². The molecule has 0 fully saturated rings. The minimum Gasteiger partial charge on any atom is -0.425 e. The lowest BCUT2D eigenvalue weighted by molar-refractivity contribution is -0.134. The monoisotopic (exact) mass is 399 g/mol. The number of carbonyl (C=O) groups excluding carboxylic acids is 1. The molecule has 0 spiro atoms. The van der Waals surface area contributed by atoms with Crippen molar-refractivity contribution in [2.24, 2.45) is 0 Å². The Morgan fingerprint density at radius 1 is 1.19 bits per heavy atom. The van der Waals surface area contributed by atoms with Gasteiger partial charge in [-0.3, -0.25) is 4.79 Å². The molecule has 0 saturated heterocycles. The molecule has 0 atom stereocenters. The minimum atomic E-state index is -3.73. The van der Waals surface area contributed by atoms with Gasteiger partial charge in [0, 0.05) is 20.0 Å². The summed E-state index contributed by atoms with van der Waals surface area (Å²) in [4.78, 5) is 11.9. The maximum Gasteiger partial charge on any atom is 0.311 e. The number of halogens is 2. The molecule has 0 aliphatic carbocycles. The van der Waals surface area contributed by atoms with Crippen molar-refractivity contribution in [3.8, 4) is 5.75 Å². The molecule has 0 aliphatic heterocycles. The third-order valence-corrected chi connectivity index (χ3v) is 5.87. The Bertz CT molecular complexity index is 885. The summed E-state index contributed by atoms with van der Waals surface area (Å²) in [6.07, 6.45) is 0.312. The number of rotatable bonds is 7. The van der Waals surface area contributed by atoms with Gasteiger partial charge in [0.15, 0.2) is 0 Å². The van der Waals surface area contributed by atoms with E-state index < -0.39 is 21.8 Å². The molecule has 0 aromatic heterocycles. The normalized spacial score (nSPS) is 11.6. The van der Waals surface area contributed by atoms with Crippen LogP contribution < -0.4 is 4.74 Å². The average molecular weight is 400 g/mol. The Labute approximate surface area is 157 Å². The fourth-order valence-electron chi connectivity index (χ4n) is 2.22. The van der Waals surface area contributed by atoms with E-state index in [0.717, 1.165) is 22.0 Å². The minimum absolute atomic E-state index is 0.00415. The summed E-state index contributed by atoms with van der Waals surface area (Å²) in [6.45, 7) is 1.97. The number of benzene rings is 2. The Kier molecular flexibility index (Phi) is 6.75. The molecule has 2 rings (SSSR count). The maximum absolute atomic E-state index is 12.9. The van der Waals surface area contributed by atoms with E-state index in [-0.39, 0.29) is 30.0 Å². The lowest BCUT2D eigenvalue weighted by Gasteiger charge is -2.17. The van der Waals surface area contributed by atoms with Crippen LogP contribution >= 0.6 is 11.6 Å². The molecule has 26 heavy (non-hydrogen) atoms. The van der Waals surface area contributed by atoms with Crippen molar-refractivity contribution in [2.45, 2.75) is 24.7 Å². The Hall–Kier alpha value is -1.96. The predicted molar refractivity (Wildman–Crippen MR) is 97.3 cm³/mol. The van der Waals surface area contributed by atoms with Gasteiger partial charge in [0.25, 0.3) is 0 Å². The highest BCUT2D eigenvalue weighted by atomic mass is 35.5. The molecule has 0 radical (unpaired) electrons. The first-order valence-corrected chi connectivity index (χ1v) is 9.70. The second kappa shape index (κ2) is 8.62. The van der Waals surface area contributed by atoms with E-state index in [1.54, 1.807) is 18.2 Å². The van der Waals surface area contributed by atoms with Crippen LogP contribution in [-0.2, 0) is 14.8 Å². The van der Waals surface area contributed by atoms with E-state index in [2.05, 4.69) is 0 Å². The molecular formula is C18H19ClFNO4S. The molecule has 5 nitrogen and oxygen atoms in total. The van der Waals surface area contributed by atoms with Gasteiger partial charge in [-0.1, -0.05) is 17.7 Å². The van der Waals surface area contributed by atoms with Gasteiger partial charge in [-0.2, -0.15) is 0 Å². The summed E-state index contributed by atoms with van der Waals surface area (Å²) in [5, 5.41) is 0.333. The number of nitrogens with zero attached hydrogens (tertiary/aromatic N) is 1. The maximum atomic E-state index is 12.9. The zero-order valence-corrected chi connectivity index (χ0v) is 16.0. The lowest BCUT2D eigenvalue weighted by Crippen LogP contribution is -2.28. The zero-order chi connectivity index (χ0) is 19.3. The van der Waals surface area contributed by atoms with Crippen LogP contribution in [0.15, 0.2) is 47.4 Å². The molecule has 0 unspecified atom stereocenters. The number of ether oxygens (including phenoxy) is 1. The first-order valence-electron chi connectivity index (χ1n) is 7.89. The fraction of sp³-hybridized carbons (Fsp3) is 0.278. The highest BCUT2D eigenvalue weighted by Gasteiger charge is 2.20. The van der Waals surface area contributed by atoms with Gasteiger partial charge in [-0.25, -0.2) is 17.1 Å². The summed E-state index contributed by atoms with van der Waals surface area (Å²) >= 11 is 5.97. The van der Waals surface area contributed by atoms with Gasteiger partial charge in [-0.05, 0) is 55.3 Å². The highest BCUT2D eigenvalue weighted by Crippen LogP contribution is 2.25. The van der Waals surface area contributed by atoms with Crippen molar-refractivity contribution >= 4 is 27.6 Å². The van der Waals surface area contributed by atoms with Gasteiger partial charge >= 0.3 is 5.97 Å². The van der Waals surface area contributed by atoms with Crippen molar-refractivity contribution < 1.29 is 22.3 Å². The van der Waals surface area contributed by atoms with E-state index in [9.17, 15) is 17.6 Å². The Morgan fingerprint density at radius 3 is 2.50 bits per heavy atom. The van der Waals surface area contributed by atoms with E-state index in [0.29, 0.717) is 5.02 Å². The smallest absolute Gasteiger partial charge is 0.311 e. The van der Waals surface area contributed by atoms with Crippen LogP contribution in [0.2, 0.25) is 5.02 Å². The molecule has 0 bridgehead atoms. The number of hydrogen-bond donors (Lipinski definition) is 0. The van der Waals surface area contributed by atoms with Crippen LogP contribution in [-0.4, -0.2) is 32.3 Å². The van der Waals surface area contributed by atoms with Crippen LogP contribution in [0, 0.1) is 12.7 Å². The number of esters is 1. The highest BCUT2D eigenvalue weighted by molar-refractivity contribution is 7.89. The molecule has 2 aromatic carbocycles. The first kappa shape index (κ1) is 20.4. The van der Waals surface area contributed by atoms with Gasteiger partial charge in [0.1, 0.15) is 11.6 Å². The second-order valence-corrected chi connectivity index (χ2v) is 8.24. The van der Waals surface area contributed by atoms with Crippen molar-refractivity contribution in [2.75, 3.05) is 13.6 Å². The standard InChI is InChI=1S/C18H19ClFNO4S/c1-13-5-10-16(19)17(12-13)25-18(22)4-3-11-21(2)26(23,24)15-8-6-14(20)7-9-15/h5-10,12H,3-4,11H2,1-2H3. The topological polar surface area (TPSA) is 63.7 Å². The van der Waals surface area contributed by atoms with E-state index in [4.69, 9.17) is 16.3 Å². The zero-order valence-electron chi connectivity index (χ0n) is 14.4. The molecule has 0 amide bonds. The summed E-state index contributed by atoms with van der Waals surface area (Å²) < 4.78 is 44.0. The third kappa shape index (κ3) is 5.27. The summed E-state index contributed by atoms with van der Waals surface area (Å²) in [5.41, 5.74) is 0.905. The molecule has 2 aromatic rings. The molecule has 140 valence electrons. The van der Waals surface area contributed by atoms with Gasteiger partial charge in [0.05, 0.1) is 9.92 Å². The largest absolute Gasteiger partial charge is 0.425 e. The number of sulfonamides is 1. The third-order valence-electron chi connectivity index (χ3n) is 3.69. The molecule has 0 saturated carbocycles. The van der Waals surface area contributed by atoms with E-state index >= 15 is 0 Å². The van der Waals surface area contributed by atoms with Crippen molar-refractivity contribution in [3.05, 3.63) is 58.9 Å². The van der Waals surface area contributed by atoms with Crippen LogP contribution in [0.3, 0.4) is 0 Å². The quantitative estimate of drug-likeness (QED) is 0.525. The Morgan fingerprint density at radius 2 is 1.85 bits per heavy atom. The summed E-state index contributed by atoms with van der Waals surface area (Å²) in [7, 11) is -2.33. The van der Waals surface area contributed by atoms with Gasteiger partial charge in [-0.15, -0.1) is 0 Å². The van der Waals surface area contributed by atoms with Gasteiger partial charge < -0.3 is 4.74 Å². The van der Waals surface area contributed by atoms with Crippen LogP contribution in [0.4, 0.5) is 4.39 Å². The number of hydrogen-bond acceptors (Lipinski definition) is 4. The van der Waals surface area contributed by atoms with Crippen molar-refractivity contribution in [3.63, 3.8) is 0 Å². The molecule has 0 N–H and O–H groups in total. The van der Waals surface area contributed by atoms with Gasteiger partial charge in [0.2, 0.25) is 10.0 Å². The molecule has 8 heteroatoms. The summed E-state index contributed by atoms with van der Waals surface area (Å²) in [5.74, 6) is -0.724. The van der Waals surface area contributed by atoms with Crippen LogP contribution in [0.25, 0.3) is 0 Å². The molecule has 0 heterocycles. The number of aryl methyl sites for hydroxylation is 1. The SMILES string of the molecule is Cc1ccc(Cl)c(OC(=O)CCCN(C)S(=O)(=O)c2ccc(F)cc2)c1. The van der Waals surface area contributed by atoms with Crippen LogP contribution in [0.5, 0.6) is 5.75 Å². The van der Waals surface area contributed by atoms with E-state index in [1.165, 1.54) is 19.2 Å². The first-order chi connectivity index (χ1) is 12.2. The molecule has 0 aliphatic rings. The predicted octanol–water partition coefficient (Wildman–Crippen LogP) is 3.79. The average Bonchev–Trinajstić information content (AvgIpc) is 2.58. The van der Waals surface area contributed by atoms with Crippen LogP contribution in [0.1, 0.15) is 18.4 Å². The van der Waals surface area contributed by atoms with Crippen molar-refractivity contribution in [1.29, 1.82) is 0 Å². The lowest BCUT2D eigenvalue weighted by atomic mass is 10.2.